The number of rotatable bonds is 7. The maximum atomic E-state index is 11.3. The van der Waals surface area contributed by atoms with Gasteiger partial charge in [0.15, 0.2) is 0 Å². The minimum atomic E-state index is 0.133. The number of aromatic nitrogens is 2. The van der Waals surface area contributed by atoms with Gasteiger partial charge in [0.25, 0.3) is 0 Å². The van der Waals surface area contributed by atoms with Gasteiger partial charge in [-0.05, 0) is 43.0 Å². The van der Waals surface area contributed by atoms with E-state index in [1.165, 1.54) is 0 Å². The van der Waals surface area contributed by atoms with Gasteiger partial charge in [-0.3, -0.25) is 9.48 Å². The lowest BCUT2D eigenvalue weighted by atomic mass is 10.1. The number of amides is 1. The molecule has 1 aliphatic rings. The molecule has 0 aliphatic carbocycles. The Morgan fingerprint density at radius 3 is 2.62 bits per heavy atom. The van der Waals surface area contributed by atoms with Crippen molar-refractivity contribution in [3.63, 3.8) is 0 Å². The molecule has 5 heteroatoms. The van der Waals surface area contributed by atoms with Gasteiger partial charge in [0, 0.05) is 12.6 Å². The Morgan fingerprint density at radius 1 is 1.25 bits per heavy atom. The Morgan fingerprint density at radius 2 is 2.00 bits per heavy atom. The fourth-order valence-electron chi connectivity index (χ4n) is 3.14. The van der Waals surface area contributed by atoms with Crippen molar-refractivity contribution < 1.29 is 9.53 Å². The summed E-state index contributed by atoms with van der Waals surface area (Å²) in [5.74, 6) is 0.952. The van der Waals surface area contributed by atoms with Crippen molar-refractivity contribution in [2.75, 3.05) is 0 Å². The van der Waals surface area contributed by atoms with E-state index in [9.17, 15) is 4.79 Å². The Labute approximate surface area is 143 Å². The molecule has 5 nitrogen and oxygen atoms in total. The van der Waals surface area contributed by atoms with Crippen LogP contribution in [0.2, 0.25) is 0 Å². The summed E-state index contributed by atoms with van der Waals surface area (Å²) in [6.07, 6.45) is 5.67. The second kappa shape index (κ2) is 7.51. The summed E-state index contributed by atoms with van der Waals surface area (Å²) in [7, 11) is 0. The van der Waals surface area contributed by atoms with Crippen molar-refractivity contribution in [2.45, 2.75) is 58.2 Å². The lowest BCUT2D eigenvalue weighted by Crippen LogP contribution is -2.18. The molecule has 1 aromatic heterocycles. The van der Waals surface area contributed by atoms with Crippen LogP contribution >= 0.6 is 0 Å². The van der Waals surface area contributed by atoms with E-state index in [4.69, 9.17) is 4.74 Å². The number of hydrogen-bond donors (Lipinski definition) is 1. The van der Waals surface area contributed by atoms with E-state index in [-0.39, 0.29) is 11.9 Å². The zero-order chi connectivity index (χ0) is 16.9. The molecular weight excluding hydrogens is 302 g/mol. The Kier molecular flexibility index (Phi) is 5.18. The van der Waals surface area contributed by atoms with Crippen LogP contribution in [0.1, 0.15) is 62.9 Å². The van der Waals surface area contributed by atoms with E-state index in [1.54, 1.807) is 0 Å². The zero-order valence-corrected chi connectivity index (χ0v) is 14.4. The number of benzene rings is 1. The fraction of sp³-hybridized carbons (Fsp3) is 0.474. The summed E-state index contributed by atoms with van der Waals surface area (Å²) in [4.78, 5) is 11.3. The van der Waals surface area contributed by atoms with Crippen molar-refractivity contribution in [1.82, 2.24) is 15.1 Å². The van der Waals surface area contributed by atoms with Gasteiger partial charge in [0.2, 0.25) is 5.91 Å². The van der Waals surface area contributed by atoms with E-state index >= 15 is 0 Å². The molecule has 1 amide bonds. The Balaban J connectivity index is 1.56. The molecule has 1 fully saturated rings. The molecule has 0 bridgehead atoms. The molecule has 2 aromatic rings. The highest BCUT2D eigenvalue weighted by Crippen LogP contribution is 2.25. The van der Waals surface area contributed by atoms with Crippen molar-refractivity contribution in [3.8, 4) is 5.75 Å². The second-order valence-corrected chi connectivity index (χ2v) is 6.27. The maximum Gasteiger partial charge on any atom is 0.220 e. The van der Waals surface area contributed by atoms with Crippen LogP contribution in [0.4, 0.5) is 0 Å². The molecule has 0 spiro atoms. The minimum absolute atomic E-state index is 0.133. The van der Waals surface area contributed by atoms with Gasteiger partial charge in [0.1, 0.15) is 12.4 Å². The summed E-state index contributed by atoms with van der Waals surface area (Å²) < 4.78 is 7.86. The summed E-state index contributed by atoms with van der Waals surface area (Å²) in [5.41, 5.74) is 2.07. The van der Waals surface area contributed by atoms with Crippen LogP contribution in [0, 0.1) is 0 Å². The van der Waals surface area contributed by atoms with Gasteiger partial charge >= 0.3 is 0 Å². The van der Waals surface area contributed by atoms with Gasteiger partial charge in [-0.2, -0.15) is 5.10 Å². The monoisotopic (exact) mass is 327 g/mol. The highest BCUT2D eigenvalue weighted by molar-refractivity contribution is 5.78. The molecule has 1 aromatic carbocycles. The third-order valence-electron chi connectivity index (χ3n) is 4.64. The van der Waals surface area contributed by atoms with Crippen LogP contribution in [0.25, 0.3) is 0 Å². The maximum absolute atomic E-state index is 11.3. The Bertz CT molecular complexity index is 674. The third-order valence-corrected chi connectivity index (χ3v) is 4.64. The van der Waals surface area contributed by atoms with E-state index in [2.05, 4.69) is 24.3 Å². The van der Waals surface area contributed by atoms with Gasteiger partial charge in [-0.25, -0.2) is 0 Å². The van der Waals surface area contributed by atoms with Crippen molar-refractivity contribution in [2.24, 2.45) is 0 Å². The molecule has 1 atom stereocenters. The molecule has 128 valence electrons. The van der Waals surface area contributed by atoms with Crippen LogP contribution in [-0.2, 0) is 11.4 Å². The molecule has 0 radical (unpaired) electrons. The number of nitrogens with zero attached hydrogens (tertiary/aromatic N) is 2. The first kappa shape index (κ1) is 16.6. The quantitative estimate of drug-likeness (QED) is 0.842. The molecule has 2 heterocycles. The van der Waals surface area contributed by atoms with Gasteiger partial charge in [0.05, 0.1) is 17.8 Å². The number of hydrogen-bond acceptors (Lipinski definition) is 3. The molecular formula is C19H25N3O2. The second-order valence-electron chi connectivity index (χ2n) is 6.27. The number of carbonyl (C=O) groups excluding carboxylic acids is 1. The van der Waals surface area contributed by atoms with Gasteiger partial charge in [-0.15, -0.1) is 0 Å². The standard InChI is InChI=1S/C19H25N3O2/c1-3-16(4-2)22-12-11-15(21-22)13-24-17-7-5-14(6-8-17)18-9-10-19(23)20-18/h5-8,11-12,16,18H,3-4,9-10,13H2,1-2H3,(H,20,23). The first-order valence-corrected chi connectivity index (χ1v) is 8.75. The predicted octanol–water partition coefficient (Wildman–Crippen LogP) is 3.77. The summed E-state index contributed by atoms with van der Waals surface area (Å²) in [5, 5.41) is 7.58. The Hall–Kier alpha value is -2.30. The highest BCUT2D eigenvalue weighted by Gasteiger charge is 2.21. The summed E-state index contributed by atoms with van der Waals surface area (Å²) in [6.45, 7) is 4.83. The molecule has 3 rings (SSSR count). The van der Waals surface area contributed by atoms with Gasteiger partial charge in [-0.1, -0.05) is 26.0 Å². The molecule has 1 N–H and O–H groups in total. The topological polar surface area (TPSA) is 56.1 Å². The van der Waals surface area contributed by atoms with Crippen molar-refractivity contribution in [1.29, 1.82) is 0 Å². The first-order valence-electron chi connectivity index (χ1n) is 8.75. The van der Waals surface area contributed by atoms with Gasteiger partial charge < -0.3 is 10.1 Å². The molecule has 0 saturated carbocycles. The van der Waals surface area contributed by atoms with E-state index in [0.717, 1.165) is 36.3 Å². The van der Waals surface area contributed by atoms with Crippen LogP contribution in [-0.4, -0.2) is 15.7 Å². The molecule has 1 unspecified atom stereocenters. The lowest BCUT2D eigenvalue weighted by Gasteiger charge is -2.13. The average Bonchev–Trinajstić information content (AvgIpc) is 3.24. The van der Waals surface area contributed by atoms with Crippen LogP contribution < -0.4 is 10.1 Å². The minimum Gasteiger partial charge on any atom is -0.487 e. The third kappa shape index (κ3) is 3.78. The summed E-state index contributed by atoms with van der Waals surface area (Å²) >= 11 is 0. The lowest BCUT2D eigenvalue weighted by molar-refractivity contribution is -0.119. The fourth-order valence-corrected chi connectivity index (χ4v) is 3.14. The zero-order valence-electron chi connectivity index (χ0n) is 14.4. The van der Waals surface area contributed by atoms with Crippen LogP contribution in [0.5, 0.6) is 5.75 Å². The summed E-state index contributed by atoms with van der Waals surface area (Å²) in [6, 6.07) is 10.6. The normalized spacial score (nSPS) is 17.3. The number of ether oxygens (including phenoxy) is 1. The van der Waals surface area contributed by atoms with Crippen molar-refractivity contribution >= 4 is 5.91 Å². The van der Waals surface area contributed by atoms with Crippen LogP contribution in [0.15, 0.2) is 36.5 Å². The molecule has 1 aliphatic heterocycles. The first-order chi connectivity index (χ1) is 11.7. The largest absolute Gasteiger partial charge is 0.487 e. The molecule has 24 heavy (non-hydrogen) atoms. The van der Waals surface area contributed by atoms with Crippen LogP contribution in [0.3, 0.4) is 0 Å². The smallest absolute Gasteiger partial charge is 0.220 e. The van der Waals surface area contributed by atoms with Crippen molar-refractivity contribution in [3.05, 3.63) is 47.8 Å². The SMILES string of the molecule is CCC(CC)n1ccc(COc2ccc(C3CCC(=O)N3)cc2)n1. The van der Waals surface area contributed by atoms with E-state index in [1.807, 2.05) is 41.2 Å². The number of nitrogens with one attached hydrogen (secondary N) is 1. The van der Waals surface area contributed by atoms with E-state index < -0.39 is 0 Å². The highest BCUT2D eigenvalue weighted by atomic mass is 16.5. The van der Waals surface area contributed by atoms with E-state index in [0.29, 0.717) is 19.1 Å². The molecule has 1 saturated heterocycles. The predicted molar refractivity (Wildman–Crippen MR) is 92.7 cm³/mol. The number of carbonyl (C=O) groups is 1. The average molecular weight is 327 g/mol.